The molecular formula is C28H40N4. The van der Waals surface area contributed by atoms with Crippen molar-refractivity contribution in [2.24, 2.45) is 16.3 Å². The molecule has 0 radical (unpaired) electrons. The summed E-state index contributed by atoms with van der Waals surface area (Å²) in [6, 6.07) is 0. The minimum atomic E-state index is 0.0789. The fraction of sp³-hybridized carbons (Fsp3) is 0.464. The van der Waals surface area contributed by atoms with Crippen molar-refractivity contribution < 1.29 is 0 Å². The molecule has 2 heterocycles. The van der Waals surface area contributed by atoms with Crippen LogP contribution in [0, 0.1) is 11.3 Å². The molecule has 2 unspecified atom stereocenters. The number of fused-ring (bicyclic) bond motifs is 1. The predicted octanol–water partition coefficient (Wildman–Crippen LogP) is 5.98. The lowest BCUT2D eigenvalue weighted by atomic mass is 9.83. The number of hydrogen-bond acceptors (Lipinski definition) is 4. The number of nitrogens with zero attached hydrogens (tertiary/aromatic N) is 2. The van der Waals surface area contributed by atoms with E-state index in [4.69, 9.17) is 4.99 Å². The molecule has 0 aromatic heterocycles. The Morgan fingerprint density at radius 3 is 2.78 bits per heavy atom. The van der Waals surface area contributed by atoms with Crippen LogP contribution in [0.5, 0.6) is 0 Å². The Morgan fingerprint density at radius 1 is 1.38 bits per heavy atom. The van der Waals surface area contributed by atoms with Gasteiger partial charge in [-0.15, -0.1) is 0 Å². The maximum Gasteiger partial charge on any atom is 0.123 e. The Kier molecular flexibility index (Phi) is 7.78. The van der Waals surface area contributed by atoms with Gasteiger partial charge < -0.3 is 15.5 Å². The van der Waals surface area contributed by atoms with E-state index in [1.54, 1.807) is 0 Å². The van der Waals surface area contributed by atoms with Crippen molar-refractivity contribution in [1.29, 1.82) is 0 Å². The third-order valence-electron chi connectivity index (χ3n) is 6.14. The molecule has 172 valence electrons. The van der Waals surface area contributed by atoms with Crippen molar-refractivity contribution in [3.8, 4) is 0 Å². The molecule has 0 bridgehead atoms. The van der Waals surface area contributed by atoms with Gasteiger partial charge in [0, 0.05) is 18.5 Å². The highest BCUT2D eigenvalue weighted by molar-refractivity contribution is 5.81. The first-order valence-corrected chi connectivity index (χ1v) is 11.9. The second-order valence-electron chi connectivity index (χ2n) is 9.95. The van der Waals surface area contributed by atoms with E-state index in [2.05, 4.69) is 86.4 Å². The van der Waals surface area contributed by atoms with Crippen LogP contribution in [0.25, 0.3) is 0 Å². The van der Waals surface area contributed by atoms with Crippen LogP contribution in [0.1, 0.15) is 54.4 Å². The zero-order valence-corrected chi connectivity index (χ0v) is 20.7. The largest absolute Gasteiger partial charge is 0.359 e. The van der Waals surface area contributed by atoms with E-state index in [-0.39, 0.29) is 11.6 Å². The molecule has 0 fully saturated rings. The van der Waals surface area contributed by atoms with Crippen LogP contribution >= 0.6 is 0 Å². The average Bonchev–Trinajstić information content (AvgIpc) is 3.11. The van der Waals surface area contributed by atoms with Gasteiger partial charge in [-0.2, -0.15) is 0 Å². The van der Waals surface area contributed by atoms with Gasteiger partial charge in [0.25, 0.3) is 0 Å². The minimum absolute atomic E-state index is 0.0789. The Hall–Kier alpha value is -2.59. The van der Waals surface area contributed by atoms with Crippen molar-refractivity contribution in [3.05, 3.63) is 83.5 Å². The molecule has 2 atom stereocenters. The molecule has 32 heavy (non-hydrogen) atoms. The van der Waals surface area contributed by atoms with Gasteiger partial charge in [-0.25, -0.2) is 0 Å². The van der Waals surface area contributed by atoms with Crippen molar-refractivity contribution in [2.75, 3.05) is 13.1 Å². The lowest BCUT2D eigenvalue weighted by Crippen LogP contribution is -2.35. The molecule has 4 nitrogen and oxygen atoms in total. The summed E-state index contributed by atoms with van der Waals surface area (Å²) < 4.78 is 0. The van der Waals surface area contributed by atoms with Crippen LogP contribution < -0.4 is 10.6 Å². The standard InChI is InChI=1S/C28H40N4/c1-8-10-24(30-20(3)4)27-26(23-11-14-28(6,7)15-12-23)31-25-17-22(13-16-32(25)27)19-29-18-21(5)9-2/h8,10-14,16-17,21,25,29,31H,1,9,15,18-19H2,2-7H3/b24-10-. The summed E-state index contributed by atoms with van der Waals surface area (Å²) in [5.74, 6) is 0.695. The first-order chi connectivity index (χ1) is 15.2. The molecule has 0 aromatic carbocycles. The SMILES string of the molecule is C=C/C=C(\N=C(C)C)C1=C(C2=CCC(C)(C)C=C2)NC2C=C(CNCC(C)CC)C=CN12. The number of allylic oxidation sites excluding steroid dienone is 5. The van der Waals surface area contributed by atoms with E-state index in [1.165, 1.54) is 17.6 Å². The summed E-state index contributed by atoms with van der Waals surface area (Å²) >= 11 is 0. The molecule has 0 saturated heterocycles. The maximum atomic E-state index is 4.86. The van der Waals surface area contributed by atoms with Gasteiger partial charge in [0.2, 0.25) is 0 Å². The molecule has 2 aliphatic heterocycles. The zero-order valence-electron chi connectivity index (χ0n) is 20.7. The van der Waals surface area contributed by atoms with Crippen LogP contribution in [0.3, 0.4) is 0 Å². The smallest absolute Gasteiger partial charge is 0.123 e. The third-order valence-corrected chi connectivity index (χ3v) is 6.14. The molecule has 2 N–H and O–H groups in total. The Bertz CT molecular complexity index is 932. The summed E-state index contributed by atoms with van der Waals surface area (Å²) in [6.07, 6.45) is 19.8. The highest BCUT2D eigenvalue weighted by Gasteiger charge is 2.34. The molecule has 1 aliphatic carbocycles. The van der Waals surface area contributed by atoms with E-state index in [9.17, 15) is 0 Å². The van der Waals surface area contributed by atoms with Gasteiger partial charge >= 0.3 is 0 Å². The monoisotopic (exact) mass is 432 g/mol. The van der Waals surface area contributed by atoms with Gasteiger partial charge in [0.05, 0.1) is 17.1 Å². The summed E-state index contributed by atoms with van der Waals surface area (Å²) in [5, 5.41) is 7.38. The Morgan fingerprint density at radius 2 is 2.16 bits per heavy atom. The molecule has 0 amide bonds. The first kappa shape index (κ1) is 24.1. The van der Waals surface area contributed by atoms with Crippen LogP contribution in [-0.4, -0.2) is 29.9 Å². The number of rotatable bonds is 9. The summed E-state index contributed by atoms with van der Waals surface area (Å²) in [7, 11) is 0. The van der Waals surface area contributed by atoms with E-state index in [1.807, 2.05) is 26.0 Å². The van der Waals surface area contributed by atoms with Gasteiger partial charge in [-0.1, -0.05) is 65.0 Å². The van der Waals surface area contributed by atoms with Crippen LogP contribution in [-0.2, 0) is 0 Å². The maximum absolute atomic E-state index is 4.86. The lowest BCUT2D eigenvalue weighted by molar-refractivity contribution is 0.400. The number of hydrogen-bond donors (Lipinski definition) is 2. The van der Waals surface area contributed by atoms with Gasteiger partial charge in [-0.05, 0) is 67.5 Å². The van der Waals surface area contributed by atoms with Gasteiger partial charge in [0.15, 0.2) is 0 Å². The van der Waals surface area contributed by atoms with E-state index in [0.29, 0.717) is 5.92 Å². The quantitative estimate of drug-likeness (QED) is 0.348. The topological polar surface area (TPSA) is 39.7 Å². The summed E-state index contributed by atoms with van der Waals surface area (Å²) in [5.41, 5.74) is 6.92. The van der Waals surface area contributed by atoms with Crippen LogP contribution in [0.2, 0.25) is 0 Å². The lowest BCUT2D eigenvalue weighted by Gasteiger charge is -2.27. The number of nitrogens with one attached hydrogen (secondary N) is 2. The Labute approximate surface area is 195 Å². The molecule has 0 aromatic rings. The van der Waals surface area contributed by atoms with E-state index >= 15 is 0 Å². The minimum Gasteiger partial charge on any atom is -0.359 e. The van der Waals surface area contributed by atoms with Crippen LogP contribution in [0.4, 0.5) is 0 Å². The van der Waals surface area contributed by atoms with E-state index in [0.717, 1.165) is 42.3 Å². The number of aliphatic imine (C=N–C) groups is 1. The molecule has 3 aliphatic rings. The molecule has 4 heteroatoms. The second kappa shape index (κ2) is 10.4. The highest BCUT2D eigenvalue weighted by atomic mass is 15.3. The second-order valence-corrected chi connectivity index (χ2v) is 9.95. The summed E-state index contributed by atoms with van der Waals surface area (Å²) in [6.45, 7) is 19.0. The molecule has 3 rings (SSSR count). The van der Waals surface area contributed by atoms with Crippen molar-refractivity contribution >= 4 is 5.71 Å². The normalized spacial score (nSPS) is 22.8. The fourth-order valence-electron chi connectivity index (χ4n) is 4.01. The first-order valence-electron chi connectivity index (χ1n) is 11.9. The third kappa shape index (κ3) is 5.80. The van der Waals surface area contributed by atoms with Gasteiger partial charge in [-0.3, -0.25) is 4.99 Å². The zero-order chi connectivity index (χ0) is 23.3. The molecule has 0 saturated carbocycles. The van der Waals surface area contributed by atoms with Crippen molar-refractivity contribution in [2.45, 2.75) is 60.5 Å². The average molecular weight is 433 g/mol. The predicted molar refractivity (Wildman–Crippen MR) is 138 cm³/mol. The van der Waals surface area contributed by atoms with Crippen molar-refractivity contribution in [3.63, 3.8) is 0 Å². The fourth-order valence-corrected chi connectivity index (χ4v) is 4.01. The van der Waals surface area contributed by atoms with Crippen LogP contribution in [0.15, 0.2) is 88.5 Å². The molecule has 0 spiro atoms. The highest BCUT2D eigenvalue weighted by Crippen LogP contribution is 2.38. The van der Waals surface area contributed by atoms with Gasteiger partial charge in [0.1, 0.15) is 6.17 Å². The Balaban J connectivity index is 1.92. The molecular weight excluding hydrogens is 392 g/mol. The van der Waals surface area contributed by atoms with E-state index < -0.39 is 0 Å². The van der Waals surface area contributed by atoms with Crippen molar-refractivity contribution in [1.82, 2.24) is 15.5 Å². The summed E-state index contributed by atoms with van der Waals surface area (Å²) in [4.78, 5) is 7.15.